The number of rotatable bonds is 9. The standard InChI is InChI=1S/C26H22N4O5/c31-8-9-34-20-3-1-2-17(10-20)14-30-25-22-7-5-21(35-15-18-12-27-16-28-13-18)11-19(22)4-6-23(25)24(29-30)26(32)33/h1-3,5,7-8,10-13,16H,4,6,9,14-15H2,(H,32,33). The van der Waals surface area contributed by atoms with Crippen molar-refractivity contribution in [3.63, 3.8) is 0 Å². The van der Waals surface area contributed by atoms with Crippen molar-refractivity contribution in [3.8, 4) is 22.8 Å². The highest BCUT2D eigenvalue weighted by Crippen LogP contribution is 2.37. The molecule has 5 rings (SSSR count). The van der Waals surface area contributed by atoms with Gasteiger partial charge >= 0.3 is 5.97 Å². The molecule has 0 radical (unpaired) electrons. The number of aryl methyl sites for hydroxylation is 1. The van der Waals surface area contributed by atoms with E-state index >= 15 is 0 Å². The van der Waals surface area contributed by atoms with E-state index in [2.05, 4.69) is 15.1 Å². The van der Waals surface area contributed by atoms with E-state index in [1.54, 1.807) is 23.1 Å². The van der Waals surface area contributed by atoms with Crippen LogP contribution in [0.2, 0.25) is 0 Å². The monoisotopic (exact) mass is 470 g/mol. The lowest BCUT2D eigenvalue weighted by molar-refractivity contribution is -0.109. The first-order chi connectivity index (χ1) is 17.1. The number of aromatic nitrogens is 4. The van der Waals surface area contributed by atoms with Gasteiger partial charge in [0.15, 0.2) is 12.0 Å². The minimum Gasteiger partial charge on any atom is -0.489 e. The molecule has 9 nitrogen and oxygen atoms in total. The number of fused-ring (bicyclic) bond motifs is 3. The Morgan fingerprint density at radius 2 is 1.86 bits per heavy atom. The van der Waals surface area contributed by atoms with E-state index in [0.29, 0.717) is 38.0 Å². The molecule has 0 fully saturated rings. The zero-order valence-electron chi connectivity index (χ0n) is 18.8. The molecule has 2 aromatic heterocycles. The highest BCUT2D eigenvalue weighted by Gasteiger charge is 2.28. The maximum absolute atomic E-state index is 11.9. The van der Waals surface area contributed by atoms with Crippen molar-refractivity contribution >= 4 is 12.3 Å². The number of carbonyl (C=O) groups is 2. The van der Waals surface area contributed by atoms with Gasteiger partial charge in [-0.2, -0.15) is 5.10 Å². The topological polar surface area (TPSA) is 116 Å². The third kappa shape index (κ3) is 4.74. The van der Waals surface area contributed by atoms with Gasteiger partial charge in [0.25, 0.3) is 0 Å². The van der Waals surface area contributed by atoms with E-state index in [0.717, 1.165) is 39.3 Å². The molecule has 1 aliphatic rings. The molecule has 176 valence electrons. The number of aromatic carboxylic acids is 1. The molecule has 0 spiro atoms. The summed E-state index contributed by atoms with van der Waals surface area (Å²) < 4.78 is 13.1. The Balaban J connectivity index is 1.46. The van der Waals surface area contributed by atoms with Crippen LogP contribution < -0.4 is 9.47 Å². The second kappa shape index (κ2) is 9.76. The number of aldehydes is 1. The van der Waals surface area contributed by atoms with Crippen LogP contribution in [0.1, 0.15) is 32.7 Å². The number of carboxylic acid groups (broad SMARTS) is 1. The van der Waals surface area contributed by atoms with E-state index in [-0.39, 0.29) is 12.3 Å². The average Bonchev–Trinajstić information content (AvgIpc) is 3.26. The van der Waals surface area contributed by atoms with E-state index in [9.17, 15) is 14.7 Å². The minimum absolute atomic E-state index is 0.0289. The van der Waals surface area contributed by atoms with E-state index < -0.39 is 5.97 Å². The molecule has 1 aliphatic carbocycles. The summed E-state index contributed by atoms with van der Waals surface area (Å²) in [7, 11) is 0. The molecule has 0 atom stereocenters. The average molecular weight is 470 g/mol. The normalized spacial score (nSPS) is 11.9. The lowest BCUT2D eigenvalue weighted by Gasteiger charge is -2.20. The van der Waals surface area contributed by atoms with Gasteiger partial charge in [-0.1, -0.05) is 12.1 Å². The number of ether oxygens (including phenoxy) is 2. The number of carboxylic acids is 1. The smallest absolute Gasteiger partial charge is 0.356 e. The maximum Gasteiger partial charge on any atom is 0.356 e. The summed E-state index contributed by atoms with van der Waals surface area (Å²) in [5, 5.41) is 14.2. The molecular weight excluding hydrogens is 448 g/mol. The zero-order valence-corrected chi connectivity index (χ0v) is 18.8. The first-order valence-corrected chi connectivity index (χ1v) is 11.1. The third-order valence-electron chi connectivity index (χ3n) is 5.80. The summed E-state index contributed by atoms with van der Waals surface area (Å²) in [6.07, 6.45) is 6.85. The second-order valence-electron chi connectivity index (χ2n) is 8.12. The molecule has 0 amide bonds. The maximum atomic E-state index is 11.9. The van der Waals surface area contributed by atoms with Gasteiger partial charge in [-0.15, -0.1) is 0 Å². The lowest BCUT2D eigenvalue weighted by atomic mass is 9.88. The van der Waals surface area contributed by atoms with Crippen LogP contribution >= 0.6 is 0 Å². The number of benzene rings is 2. The summed E-state index contributed by atoms with van der Waals surface area (Å²) in [6.45, 7) is 0.687. The number of hydrogen-bond acceptors (Lipinski definition) is 7. The highest BCUT2D eigenvalue weighted by atomic mass is 16.5. The number of carbonyl (C=O) groups excluding carboxylic acids is 1. The molecule has 0 aliphatic heterocycles. The Bertz CT molecular complexity index is 1380. The minimum atomic E-state index is -1.04. The van der Waals surface area contributed by atoms with Crippen LogP contribution in [0.3, 0.4) is 0 Å². The second-order valence-corrected chi connectivity index (χ2v) is 8.12. The predicted molar refractivity (Wildman–Crippen MR) is 125 cm³/mol. The summed E-state index contributed by atoms with van der Waals surface area (Å²) in [4.78, 5) is 30.6. The summed E-state index contributed by atoms with van der Waals surface area (Å²) >= 11 is 0. The Kier molecular flexibility index (Phi) is 6.21. The Morgan fingerprint density at radius 1 is 1.03 bits per heavy atom. The van der Waals surface area contributed by atoms with E-state index in [1.807, 2.05) is 36.4 Å². The van der Waals surface area contributed by atoms with Gasteiger partial charge in [0.2, 0.25) is 0 Å². The quantitative estimate of drug-likeness (QED) is 0.370. The number of nitrogens with zero attached hydrogens (tertiary/aromatic N) is 4. The summed E-state index contributed by atoms with van der Waals surface area (Å²) in [5.41, 5.74) is 5.36. The van der Waals surface area contributed by atoms with Crippen LogP contribution in [0.15, 0.2) is 61.2 Å². The van der Waals surface area contributed by atoms with Gasteiger partial charge in [-0.25, -0.2) is 14.8 Å². The van der Waals surface area contributed by atoms with Crippen LogP contribution in [0.4, 0.5) is 0 Å². The molecular formula is C26H22N4O5. The molecule has 2 heterocycles. The SMILES string of the molecule is O=CCOc1cccc(Cn2nc(C(=O)O)c3c2-c2ccc(OCc4cncnc4)cc2CC3)c1. The molecule has 35 heavy (non-hydrogen) atoms. The molecule has 0 bridgehead atoms. The van der Waals surface area contributed by atoms with Crippen molar-refractivity contribution in [1.82, 2.24) is 19.7 Å². The zero-order chi connectivity index (χ0) is 24.2. The molecule has 1 N–H and O–H groups in total. The molecule has 4 aromatic rings. The fourth-order valence-electron chi connectivity index (χ4n) is 4.29. The van der Waals surface area contributed by atoms with Crippen LogP contribution in [-0.4, -0.2) is 43.7 Å². The van der Waals surface area contributed by atoms with Crippen molar-refractivity contribution < 1.29 is 24.2 Å². The molecule has 0 saturated heterocycles. The first kappa shape index (κ1) is 22.3. The fraction of sp³-hybridized carbons (Fsp3) is 0.192. The fourth-order valence-corrected chi connectivity index (χ4v) is 4.29. The van der Waals surface area contributed by atoms with Crippen LogP contribution in [0.25, 0.3) is 11.3 Å². The van der Waals surface area contributed by atoms with Crippen molar-refractivity contribution in [2.45, 2.75) is 26.0 Å². The van der Waals surface area contributed by atoms with Gasteiger partial charge in [0.1, 0.15) is 31.0 Å². The van der Waals surface area contributed by atoms with E-state index in [4.69, 9.17) is 9.47 Å². The van der Waals surface area contributed by atoms with Gasteiger partial charge in [-0.3, -0.25) is 9.48 Å². The Morgan fingerprint density at radius 3 is 2.66 bits per heavy atom. The van der Waals surface area contributed by atoms with Gasteiger partial charge < -0.3 is 14.6 Å². The molecule has 9 heteroatoms. The van der Waals surface area contributed by atoms with E-state index in [1.165, 1.54) is 6.33 Å². The summed E-state index contributed by atoms with van der Waals surface area (Å²) in [5.74, 6) is 0.247. The molecule has 0 saturated carbocycles. The van der Waals surface area contributed by atoms with Crippen molar-refractivity contribution in [2.75, 3.05) is 6.61 Å². The molecule has 2 aromatic carbocycles. The first-order valence-electron chi connectivity index (χ1n) is 11.1. The van der Waals surface area contributed by atoms with Crippen molar-refractivity contribution in [1.29, 1.82) is 0 Å². The highest BCUT2D eigenvalue weighted by molar-refractivity contribution is 5.90. The van der Waals surface area contributed by atoms with Crippen LogP contribution in [0.5, 0.6) is 11.5 Å². The van der Waals surface area contributed by atoms with Crippen LogP contribution in [-0.2, 0) is 30.8 Å². The van der Waals surface area contributed by atoms with Gasteiger partial charge in [-0.05, 0) is 54.3 Å². The van der Waals surface area contributed by atoms with Gasteiger partial charge in [0, 0.05) is 29.1 Å². The van der Waals surface area contributed by atoms with Crippen LogP contribution in [0, 0.1) is 0 Å². The van der Waals surface area contributed by atoms with Crippen molar-refractivity contribution in [3.05, 3.63) is 89.1 Å². The lowest BCUT2D eigenvalue weighted by Crippen LogP contribution is -2.10. The van der Waals surface area contributed by atoms with Crippen molar-refractivity contribution in [2.24, 2.45) is 0 Å². The van der Waals surface area contributed by atoms with Gasteiger partial charge in [0.05, 0.1) is 12.2 Å². The summed E-state index contributed by atoms with van der Waals surface area (Å²) in [6, 6.07) is 13.2. The molecule has 0 unspecified atom stereocenters. The Labute approximate surface area is 201 Å². The predicted octanol–water partition coefficient (Wildman–Crippen LogP) is 3.34. The third-order valence-corrected chi connectivity index (χ3v) is 5.80. The largest absolute Gasteiger partial charge is 0.489 e. The Hall–Kier alpha value is -4.53. The number of hydrogen-bond donors (Lipinski definition) is 1.